The van der Waals surface area contributed by atoms with Crippen molar-refractivity contribution in [1.29, 1.82) is 0 Å². The molecule has 288 valence electrons. The highest BCUT2D eigenvalue weighted by molar-refractivity contribution is 5.87. The zero-order valence-electron chi connectivity index (χ0n) is 33.7. The van der Waals surface area contributed by atoms with Crippen molar-refractivity contribution in [3.8, 4) is 44.9 Å². The third-order valence-electron chi connectivity index (χ3n) is 12.8. The number of fused-ring (bicyclic) bond motifs is 3. The molecule has 0 bridgehead atoms. The highest BCUT2D eigenvalue weighted by Crippen LogP contribution is 2.57. The Morgan fingerprint density at radius 2 is 0.902 bits per heavy atom. The van der Waals surface area contributed by atoms with E-state index in [1.807, 2.05) is 6.07 Å². The molecule has 11 rings (SSSR count). The van der Waals surface area contributed by atoms with Crippen molar-refractivity contribution in [2.75, 3.05) is 0 Å². The molecular formula is C59H42N2. The maximum atomic E-state index is 5.59. The Balaban J connectivity index is 1.17. The molecule has 8 aromatic carbocycles. The zero-order chi connectivity index (χ0) is 40.6. The Hall–Kier alpha value is -7.68. The van der Waals surface area contributed by atoms with Gasteiger partial charge in [0, 0.05) is 11.1 Å². The number of allylic oxidation sites excluding steroid dienone is 4. The van der Waals surface area contributed by atoms with Gasteiger partial charge >= 0.3 is 0 Å². The third kappa shape index (κ3) is 6.19. The standard InChI is InChI=1S/C59H42N2/c1-6-19-42(20-7-1)44-32-34-45(35-33-44)55-40-56(61-57(60-55)46-23-10-3-11-24-46)58(38-18-25-47(41-58)43-21-8-2-9-22-43)50-36-37-52-51-30-16-17-31-53(51)59(54(52)39-50,48-26-12-4-13-27-48)49-28-14-5-15-29-49/h1-40H,41H2. The van der Waals surface area contributed by atoms with E-state index >= 15 is 0 Å². The molecule has 0 fully saturated rings. The minimum absolute atomic E-state index is 0.533. The molecule has 0 amide bonds. The molecule has 61 heavy (non-hydrogen) atoms. The molecule has 0 saturated heterocycles. The average molecular weight is 779 g/mol. The molecule has 2 aliphatic rings. The molecule has 1 unspecified atom stereocenters. The summed E-state index contributed by atoms with van der Waals surface area (Å²) >= 11 is 0. The lowest BCUT2D eigenvalue weighted by molar-refractivity contribution is 0.630. The third-order valence-corrected chi connectivity index (χ3v) is 12.8. The second-order valence-corrected chi connectivity index (χ2v) is 16.1. The Kier molecular flexibility index (Phi) is 9.05. The van der Waals surface area contributed by atoms with Crippen LogP contribution in [0.5, 0.6) is 0 Å². The quantitative estimate of drug-likeness (QED) is 0.154. The topological polar surface area (TPSA) is 25.8 Å². The van der Waals surface area contributed by atoms with Crippen LogP contribution in [0.15, 0.2) is 243 Å². The number of hydrogen-bond acceptors (Lipinski definition) is 2. The minimum Gasteiger partial charge on any atom is -0.232 e. The fourth-order valence-corrected chi connectivity index (χ4v) is 9.85. The average Bonchev–Trinajstić information content (AvgIpc) is 3.66. The van der Waals surface area contributed by atoms with Gasteiger partial charge < -0.3 is 0 Å². The maximum absolute atomic E-state index is 5.59. The molecule has 1 aromatic heterocycles. The summed E-state index contributed by atoms with van der Waals surface area (Å²) in [5, 5.41) is 0. The summed E-state index contributed by atoms with van der Waals surface area (Å²) in [5.41, 5.74) is 16.3. The molecule has 2 heteroatoms. The molecule has 2 nitrogen and oxygen atoms in total. The van der Waals surface area contributed by atoms with E-state index in [2.05, 4.69) is 237 Å². The van der Waals surface area contributed by atoms with Crippen LogP contribution in [0, 0.1) is 0 Å². The second kappa shape index (κ2) is 15.2. The van der Waals surface area contributed by atoms with E-state index in [4.69, 9.17) is 9.97 Å². The summed E-state index contributed by atoms with van der Waals surface area (Å²) in [7, 11) is 0. The van der Waals surface area contributed by atoms with Gasteiger partial charge in [0.2, 0.25) is 0 Å². The molecule has 1 atom stereocenters. The number of nitrogens with zero attached hydrogens (tertiary/aromatic N) is 2. The fraction of sp³-hybridized carbons (Fsp3) is 0.0508. The molecule has 1 heterocycles. The van der Waals surface area contributed by atoms with E-state index in [9.17, 15) is 0 Å². The SMILES string of the molecule is C1=CC(c2ccc3c(c2)C(c2ccccc2)(c2ccccc2)c2ccccc2-3)(c2cc(-c3ccc(-c4ccccc4)cc3)nc(-c3ccccc3)n2)CC(c2ccccc2)=C1. The van der Waals surface area contributed by atoms with Crippen LogP contribution in [0.1, 0.15) is 45.5 Å². The van der Waals surface area contributed by atoms with Crippen LogP contribution in [0.2, 0.25) is 0 Å². The van der Waals surface area contributed by atoms with Crippen molar-refractivity contribution in [2.24, 2.45) is 0 Å². The lowest BCUT2D eigenvalue weighted by atomic mass is 9.65. The van der Waals surface area contributed by atoms with E-state index in [0.717, 1.165) is 28.9 Å². The summed E-state index contributed by atoms with van der Waals surface area (Å²) in [4.78, 5) is 10.9. The predicted octanol–water partition coefficient (Wildman–Crippen LogP) is 14.2. The van der Waals surface area contributed by atoms with E-state index in [-0.39, 0.29) is 0 Å². The van der Waals surface area contributed by atoms with Crippen molar-refractivity contribution in [3.05, 3.63) is 282 Å². The summed E-state index contributed by atoms with van der Waals surface area (Å²) in [6, 6.07) is 81.1. The number of hydrogen-bond donors (Lipinski definition) is 0. The van der Waals surface area contributed by atoms with Crippen molar-refractivity contribution in [1.82, 2.24) is 9.97 Å². The van der Waals surface area contributed by atoms with Gasteiger partial charge in [0.15, 0.2) is 5.82 Å². The van der Waals surface area contributed by atoms with Crippen LogP contribution in [-0.4, -0.2) is 9.97 Å². The highest BCUT2D eigenvalue weighted by Gasteiger charge is 2.47. The van der Waals surface area contributed by atoms with Crippen molar-refractivity contribution in [3.63, 3.8) is 0 Å². The molecule has 0 N–H and O–H groups in total. The number of rotatable bonds is 8. The second-order valence-electron chi connectivity index (χ2n) is 16.1. The lowest BCUT2D eigenvalue weighted by Gasteiger charge is -2.37. The van der Waals surface area contributed by atoms with Crippen LogP contribution in [0.25, 0.3) is 50.5 Å². The largest absolute Gasteiger partial charge is 0.232 e. The first kappa shape index (κ1) is 36.4. The number of benzene rings is 8. The Morgan fingerprint density at radius 1 is 0.377 bits per heavy atom. The molecule has 0 aliphatic heterocycles. The van der Waals surface area contributed by atoms with Crippen molar-refractivity contribution >= 4 is 5.57 Å². The first-order valence-corrected chi connectivity index (χ1v) is 21.1. The van der Waals surface area contributed by atoms with Gasteiger partial charge in [-0.1, -0.05) is 237 Å². The Labute approximate surface area is 357 Å². The van der Waals surface area contributed by atoms with Crippen LogP contribution in [0.4, 0.5) is 0 Å². The molecule has 0 radical (unpaired) electrons. The maximum Gasteiger partial charge on any atom is 0.160 e. The molecular weight excluding hydrogens is 737 g/mol. The Bertz CT molecular complexity index is 3020. The van der Waals surface area contributed by atoms with Gasteiger partial charge in [-0.3, -0.25) is 0 Å². The van der Waals surface area contributed by atoms with E-state index in [1.54, 1.807) is 0 Å². The van der Waals surface area contributed by atoms with Gasteiger partial charge in [0.1, 0.15) is 0 Å². The van der Waals surface area contributed by atoms with Gasteiger partial charge in [0.05, 0.1) is 22.2 Å². The predicted molar refractivity (Wildman–Crippen MR) is 251 cm³/mol. The summed E-state index contributed by atoms with van der Waals surface area (Å²) < 4.78 is 0. The van der Waals surface area contributed by atoms with Crippen LogP contribution in [0.3, 0.4) is 0 Å². The first-order valence-electron chi connectivity index (χ1n) is 21.1. The first-order chi connectivity index (χ1) is 30.2. The van der Waals surface area contributed by atoms with Gasteiger partial charge in [-0.2, -0.15) is 0 Å². The van der Waals surface area contributed by atoms with Crippen molar-refractivity contribution < 1.29 is 0 Å². The summed E-state index contributed by atoms with van der Waals surface area (Å²) in [6.45, 7) is 0. The molecule has 0 saturated carbocycles. The smallest absolute Gasteiger partial charge is 0.160 e. The van der Waals surface area contributed by atoms with E-state index in [1.165, 1.54) is 61.2 Å². The van der Waals surface area contributed by atoms with E-state index in [0.29, 0.717) is 5.82 Å². The van der Waals surface area contributed by atoms with Crippen LogP contribution in [-0.2, 0) is 10.8 Å². The van der Waals surface area contributed by atoms with Crippen LogP contribution >= 0.6 is 0 Å². The Morgan fingerprint density at radius 3 is 1.56 bits per heavy atom. The number of aromatic nitrogens is 2. The monoisotopic (exact) mass is 778 g/mol. The normalized spacial score (nSPS) is 16.0. The molecule has 0 spiro atoms. The van der Waals surface area contributed by atoms with Gasteiger partial charge in [-0.25, -0.2) is 9.97 Å². The van der Waals surface area contributed by atoms with Crippen LogP contribution < -0.4 is 0 Å². The fourth-order valence-electron chi connectivity index (χ4n) is 9.85. The van der Waals surface area contributed by atoms with Gasteiger partial charge in [-0.15, -0.1) is 0 Å². The minimum atomic E-state index is -0.645. The zero-order valence-corrected chi connectivity index (χ0v) is 33.7. The summed E-state index contributed by atoms with van der Waals surface area (Å²) in [5.74, 6) is 0.709. The van der Waals surface area contributed by atoms with Crippen molar-refractivity contribution in [2.45, 2.75) is 17.3 Å². The molecule has 2 aliphatic carbocycles. The molecule has 9 aromatic rings. The van der Waals surface area contributed by atoms with Gasteiger partial charge in [-0.05, 0) is 73.7 Å². The highest BCUT2D eigenvalue weighted by atomic mass is 14.9. The van der Waals surface area contributed by atoms with E-state index < -0.39 is 10.8 Å². The lowest BCUT2D eigenvalue weighted by Crippen LogP contribution is -2.31. The van der Waals surface area contributed by atoms with Gasteiger partial charge in [0.25, 0.3) is 0 Å². The summed E-state index contributed by atoms with van der Waals surface area (Å²) in [6.07, 6.45) is 7.63.